The fourth-order valence-corrected chi connectivity index (χ4v) is 6.96. The smallest absolute Gasteiger partial charge is 0.115 e. The Balaban J connectivity index is 1.81. The average Bonchev–Trinajstić information content (AvgIpc) is 2.71. The largest absolute Gasteiger partial charge is 0.508 e. The quantitative estimate of drug-likeness (QED) is 0.675. The molecule has 120 valence electrons. The number of aromatic hydroxyl groups is 1. The SMILES string of the molecule is CC1(C)CCC[C@@]2(C)[C@H]1CC[C@@]1(C)c3ccc(O)cc3C[C@@H]21. The minimum absolute atomic E-state index is 0.321. The summed E-state index contributed by atoms with van der Waals surface area (Å²) >= 11 is 0. The number of fused-ring (bicyclic) bond motifs is 5. The number of benzene rings is 1. The first-order chi connectivity index (χ1) is 10.3. The van der Waals surface area contributed by atoms with Gasteiger partial charge in [0.2, 0.25) is 0 Å². The Morgan fingerprint density at radius 2 is 1.77 bits per heavy atom. The van der Waals surface area contributed by atoms with Crippen molar-refractivity contribution >= 4 is 0 Å². The standard InChI is InChI=1S/C21H30O/c1-19(2)9-5-10-21(4)17(19)8-11-20(3)16-7-6-15(22)12-14(16)13-18(20)21/h6-7,12,17-18,22H,5,8-11,13H2,1-4H3/t17-,18+,20-,21-/m0/s1. The molecule has 0 spiro atoms. The molecule has 0 heterocycles. The first-order valence-electron chi connectivity index (χ1n) is 9.10. The minimum atomic E-state index is 0.321. The second-order valence-electron chi connectivity index (χ2n) is 9.45. The molecule has 4 rings (SSSR count). The molecule has 0 amide bonds. The molecule has 2 fully saturated rings. The van der Waals surface area contributed by atoms with Gasteiger partial charge in [-0.25, -0.2) is 0 Å². The van der Waals surface area contributed by atoms with Crippen LogP contribution in [0, 0.1) is 22.7 Å². The van der Waals surface area contributed by atoms with Crippen molar-refractivity contribution in [2.75, 3.05) is 0 Å². The van der Waals surface area contributed by atoms with Gasteiger partial charge in [-0.3, -0.25) is 0 Å². The van der Waals surface area contributed by atoms with Gasteiger partial charge in [0.05, 0.1) is 0 Å². The maximum Gasteiger partial charge on any atom is 0.115 e. The second kappa shape index (κ2) is 4.30. The van der Waals surface area contributed by atoms with Crippen molar-refractivity contribution in [2.24, 2.45) is 22.7 Å². The van der Waals surface area contributed by atoms with E-state index < -0.39 is 0 Å². The lowest BCUT2D eigenvalue weighted by Gasteiger charge is -2.61. The van der Waals surface area contributed by atoms with E-state index in [2.05, 4.69) is 33.8 Å². The Morgan fingerprint density at radius 1 is 1.00 bits per heavy atom. The highest BCUT2D eigenvalue weighted by atomic mass is 16.3. The zero-order valence-corrected chi connectivity index (χ0v) is 14.6. The van der Waals surface area contributed by atoms with Crippen LogP contribution < -0.4 is 0 Å². The summed E-state index contributed by atoms with van der Waals surface area (Å²) in [4.78, 5) is 0. The lowest BCUT2D eigenvalue weighted by molar-refractivity contribution is -0.0982. The van der Waals surface area contributed by atoms with E-state index in [1.54, 1.807) is 0 Å². The maximum absolute atomic E-state index is 9.89. The molecule has 1 aromatic rings. The van der Waals surface area contributed by atoms with Crippen LogP contribution in [0.15, 0.2) is 18.2 Å². The molecule has 2 saturated carbocycles. The van der Waals surface area contributed by atoms with E-state index in [-0.39, 0.29) is 0 Å². The highest BCUT2D eigenvalue weighted by molar-refractivity contribution is 5.46. The molecule has 0 aromatic heterocycles. The molecular formula is C21H30O. The van der Waals surface area contributed by atoms with Gasteiger partial charge in [-0.05, 0) is 83.4 Å². The Bertz CT molecular complexity index is 616. The predicted molar refractivity (Wildman–Crippen MR) is 91.1 cm³/mol. The summed E-state index contributed by atoms with van der Waals surface area (Å²) in [6, 6.07) is 6.14. The van der Waals surface area contributed by atoms with Crippen molar-refractivity contribution in [1.82, 2.24) is 0 Å². The van der Waals surface area contributed by atoms with E-state index in [1.807, 2.05) is 12.1 Å². The van der Waals surface area contributed by atoms with Gasteiger partial charge >= 0.3 is 0 Å². The van der Waals surface area contributed by atoms with E-state index in [1.165, 1.54) is 49.7 Å². The third-order valence-electron chi connectivity index (χ3n) is 7.92. The Morgan fingerprint density at radius 3 is 2.55 bits per heavy atom. The molecule has 0 radical (unpaired) electrons. The summed E-state index contributed by atoms with van der Waals surface area (Å²) in [5.41, 5.74) is 4.21. The van der Waals surface area contributed by atoms with Crippen molar-refractivity contribution in [1.29, 1.82) is 0 Å². The first kappa shape index (κ1) is 14.6. The molecule has 3 aliphatic carbocycles. The van der Waals surface area contributed by atoms with Crippen LogP contribution in [0.3, 0.4) is 0 Å². The van der Waals surface area contributed by atoms with Gasteiger partial charge in [-0.1, -0.05) is 40.2 Å². The second-order valence-corrected chi connectivity index (χ2v) is 9.45. The molecule has 0 aliphatic heterocycles. The van der Waals surface area contributed by atoms with Crippen LogP contribution >= 0.6 is 0 Å². The third-order valence-corrected chi connectivity index (χ3v) is 7.92. The lowest BCUT2D eigenvalue weighted by atomic mass is 9.43. The monoisotopic (exact) mass is 298 g/mol. The molecule has 0 saturated heterocycles. The molecule has 0 unspecified atom stereocenters. The number of hydrogen-bond acceptors (Lipinski definition) is 1. The summed E-state index contributed by atoms with van der Waals surface area (Å²) in [7, 11) is 0. The van der Waals surface area contributed by atoms with Crippen LogP contribution in [0.1, 0.15) is 70.9 Å². The third kappa shape index (κ3) is 1.71. The van der Waals surface area contributed by atoms with Crippen LogP contribution in [-0.4, -0.2) is 5.11 Å². The maximum atomic E-state index is 9.89. The molecule has 3 aliphatic rings. The number of phenolic OH excluding ortho intramolecular Hbond substituents is 1. The highest BCUT2D eigenvalue weighted by Gasteiger charge is 2.60. The van der Waals surface area contributed by atoms with Gasteiger partial charge in [0.1, 0.15) is 5.75 Å². The van der Waals surface area contributed by atoms with Crippen molar-refractivity contribution in [3.05, 3.63) is 29.3 Å². The van der Waals surface area contributed by atoms with E-state index in [4.69, 9.17) is 0 Å². The highest BCUT2D eigenvalue weighted by Crippen LogP contribution is 2.67. The first-order valence-corrected chi connectivity index (χ1v) is 9.10. The van der Waals surface area contributed by atoms with Gasteiger partial charge < -0.3 is 5.11 Å². The number of rotatable bonds is 0. The van der Waals surface area contributed by atoms with Crippen LogP contribution in [0.5, 0.6) is 5.75 Å². The fourth-order valence-electron chi connectivity index (χ4n) is 6.96. The van der Waals surface area contributed by atoms with Crippen LogP contribution in [-0.2, 0) is 11.8 Å². The van der Waals surface area contributed by atoms with E-state index >= 15 is 0 Å². The van der Waals surface area contributed by atoms with E-state index in [0.29, 0.717) is 22.0 Å². The fraction of sp³-hybridized carbons (Fsp3) is 0.714. The number of phenols is 1. The van der Waals surface area contributed by atoms with E-state index in [0.717, 1.165) is 11.8 Å². The lowest BCUT2D eigenvalue weighted by Crippen LogP contribution is -2.55. The minimum Gasteiger partial charge on any atom is -0.508 e. The Kier molecular flexibility index (Phi) is 2.86. The normalized spacial score (nSPS) is 42.4. The zero-order chi connectivity index (χ0) is 15.8. The molecule has 1 N–H and O–H groups in total. The molecule has 1 aromatic carbocycles. The van der Waals surface area contributed by atoms with Crippen molar-refractivity contribution in [3.63, 3.8) is 0 Å². The summed E-state index contributed by atoms with van der Waals surface area (Å²) in [6.07, 6.45) is 8.03. The van der Waals surface area contributed by atoms with E-state index in [9.17, 15) is 5.11 Å². The Labute approximate surface area is 135 Å². The molecule has 1 heteroatoms. The molecular weight excluding hydrogens is 268 g/mol. The predicted octanol–water partition coefficient (Wildman–Crippen LogP) is 5.45. The molecule has 1 nitrogen and oxygen atoms in total. The van der Waals surface area contributed by atoms with Crippen molar-refractivity contribution < 1.29 is 5.11 Å². The summed E-state index contributed by atoms with van der Waals surface area (Å²) in [5, 5.41) is 9.89. The molecule has 22 heavy (non-hydrogen) atoms. The summed E-state index contributed by atoms with van der Waals surface area (Å²) in [5.74, 6) is 2.04. The van der Waals surface area contributed by atoms with Gasteiger partial charge in [-0.2, -0.15) is 0 Å². The summed E-state index contributed by atoms with van der Waals surface area (Å²) in [6.45, 7) is 10.1. The van der Waals surface area contributed by atoms with Gasteiger partial charge in [0, 0.05) is 0 Å². The number of hydrogen-bond donors (Lipinski definition) is 1. The van der Waals surface area contributed by atoms with Crippen molar-refractivity contribution in [2.45, 2.75) is 71.6 Å². The average molecular weight is 298 g/mol. The zero-order valence-electron chi connectivity index (χ0n) is 14.6. The summed E-state index contributed by atoms with van der Waals surface area (Å²) < 4.78 is 0. The van der Waals surface area contributed by atoms with Crippen LogP contribution in [0.25, 0.3) is 0 Å². The topological polar surface area (TPSA) is 20.2 Å². The van der Waals surface area contributed by atoms with Crippen LogP contribution in [0.2, 0.25) is 0 Å². The van der Waals surface area contributed by atoms with Crippen molar-refractivity contribution in [3.8, 4) is 5.75 Å². The van der Waals surface area contributed by atoms with Gasteiger partial charge in [0.25, 0.3) is 0 Å². The van der Waals surface area contributed by atoms with Crippen LogP contribution in [0.4, 0.5) is 0 Å². The molecule has 4 atom stereocenters. The Hall–Kier alpha value is -0.980. The van der Waals surface area contributed by atoms with Gasteiger partial charge in [-0.15, -0.1) is 0 Å². The molecule has 0 bridgehead atoms. The van der Waals surface area contributed by atoms with Gasteiger partial charge in [0.15, 0.2) is 0 Å².